The zero-order chi connectivity index (χ0) is 15.4. The van der Waals surface area contributed by atoms with Gasteiger partial charge in [0, 0.05) is 17.9 Å². The van der Waals surface area contributed by atoms with Gasteiger partial charge in [-0.25, -0.2) is 4.79 Å². The average Bonchev–Trinajstić information content (AvgIpc) is 2.88. The molecule has 0 fully saturated rings. The van der Waals surface area contributed by atoms with Crippen molar-refractivity contribution >= 4 is 5.97 Å². The standard InChI is InChI=1S/C16H17N3O2/c1-18(2)11-15-8-7-14(10-17)19(15)13-6-4-5-12(9-13)16(20)21-3/h4-9H,11H2,1-3H3. The van der Waals surface area contributed by atoms with E-state index in [1.165, 1.54) is 7.11 Å². The fourth-order valence-corrected chi connectivity index (χ4v) is 2.21. The van der Waals surface area contributed by atoms with Crippen molar-refractivity contribution in [1.29, 1.82) is 5.26 Å². The monoisotopic (exact) mass is 283 g/mol. The summed E-state index contributed by atoms with van der Waals surface area (Å²) in [6, 6.07) is 12.9. The van der Waals surface area contributed by atoms with Crippen LogP contribution in [0.3, 0.4) is 0 Å². The van der Waals surface area contributed by atoms with E-state index in [4.69, 9.17) is 4.74 Å². The van der Waals surface area contributed by atoms with Crippen molar-refractivity contribution in [2.75, 3.05) is 21.2 Å². The molecule has 2 aromatic rings. The van der Waals surface area contributed by atoms with Gasteiger partial charge in [-0.15, -0.1) is 0 Å². The molecular weight excluding hydrogens is 266 g/mol. The van der Waals surface area contributed by atoms with Crippen LogP contribution in [0.2, 0.25) is 0 Å². The molecule has 0 bridgehead atoms. The molecule has 0 unspecified atom stereocenters. The third-order valence-corrected chi connectivity index (χ3v) is 3.08. The van der Waals surface area contributed by atoms with Crippen LogP contribution in [-0.4, -0.2) is 36.6 Å². The second-order valence-corrected chi connectivity index (χ2v) is 4.94. The average molecular weight is 283 g/mol. The Balaban J connectivity index is 2.53. The minimum absolute atomic E-state index is 0.392. The van der Waals surface area contributed by atoms with E-state index in [1.54, 1.807) is 24.3 Å². The van der Waals surface area contributed by atoms with Crippen LogP contribution in [0.5, 0.6) is 0 Å². The normalized spacial score (nSPS) is 10.4. The predicted octanol–water partition coefficient (Wildman–Crippen LogP) is 2.20. The topological polar surface area (TPSA) is 58.3 Å². The number of hydrogen-bond donors (Lipinski definition) is 0. The SMILES string of the molecule is COC(=O)c1cccc(-n2c(C#N)ccc2CN(C)C)c1. The second-order valence-electron chi connectivity index (χ2n) is 4.94. The van der Waals surface area contributed by atoms with Crippen LogP contribution in [0, 0.1) is 11.3 Å². The lowest BCUT2D eigenvalue weighted by Gasteiger charge is -2.15. The molecular formula is C16H17N3O2. The summed E-state index contributed by atoms with van der Waals surface area (Å²) in [7, 11) is 5.28. The van der Waals surface area contributed by atoms with E-state index >= 15 is 0 Å². The van der Waals surface area contributed by atoms with Crippen LogP contribution in [0.15, 0.2) is 36.4 Å². The van der Waals surface area contributed by atoms with Crippen LogP contribution < -0.4 is 0 Å². The Hall–Kier alpha value is -2.58. The Labute approximate surface area is 124 Å². The number of aromatic nitrogens is 1. The molecule has 5 nitrogen and oxygen atoms in total. The Bertz CT molecular complexity index is 696. The molecule has 5 heteroatoms. The van der Waals surface area contributed by atoms with E-state index in [0.29, 0.717) is 17.8 Å². The first-order valence-corrected chi connectivity index (χ1v) is 6.51. The van der Waals surface area contributed by atoms with E-state index in [0.717, 1.165) is 11.4 Å². The number of methoxy groups -OCH3 is 1. The number of hydrogen-bond acceptors (Lipinski definition) is 4. The highest BCUT2D eigenvalue weighted by atomic mass is 16.5. The Morgan fingerprint density at radius 3 is 2.71 bits per heavy atom. The number of carbonyl (C=O) groups excluding carboxylic acids is 1. The molecule has 1 heterocycles. The third-order valence-electron chi connectivity index (χ3n) is 3.08. The van der Waals surface area contributed by atoms with Crippen molar-refractivity contribution in [3.63, 3.8) is 0 Å². The van der Waals surface area contributed by atoms with Gasteiger partial charge in [-0.2, -0.15) is 5.26 Å². The molecule has 0 aliphatic carbocycles. The van der Waals surface area contributed by atoms with Gasteiger partial charge in [-0.3, -0.25) is 0 Å². The molecule has 0 saturated heterocycles. The van der Waals surface area contributed by atoms with Crippen molar-refractivity contribution in [3.05, 3.63) is 53.3 Å². The zero-order valence-electron chi connectivity index (χ0n) is 12.3. The minimum atomic E-state index is -0.392. The quantitative estimate of drug-likeness (QED) is 0.807. The number of ether oxygens (including phenoxy) is 1. The van der Waals surface area contributed by atoms with Crippen LogP contribution in [0.1, 0.15) is 21.7 Å². The van der Waals surface area contributed by atoms with E-state index in [9.17, 15) is 10.1 Å². The lowest BCUT2D eigenvalue weighted by Crippen LogP contribution is -2.15. The van der Waals surface area contributed by atoms with Gasteiger partial charge < -0.3 is 14.2 Å². The molecule has 21 heavy (non-hydrogen) atoms. The molecule has 2 rings (SSSR count). The van der Waals surface area contributed by atoms with E-state index < -0.39 is 5.97 Å². The highest BCUT2D eigenvalue weighted by molar-refractivity contribution is 5.89. The summed E-state index contributed by atoms with van der Waals surface area (Å²) >= 11 is 0. The zero-order valence-corrected chi connectivity index (χ0v) is 12.3. The Kier molecular flexibility index (Phi) is 4.41. The van der Waals surface area contributed by atoms with E-state index in [-0.39, 0.29) is 0 Å². The van der Waals surface area contributed by atoms with Crippen molar-refractivity contribution in [1.82, 2.24) is 9.47 Å². The first kappa shape index (κ1) is 14.8. The third kappa shape index (κ3) is 3.12. The van der Waals surface area contributed by atoms with Crippen molar-refractivity contribution < 1.29 is 9.53 Å². The van der Waals surface area contributed by atoms with Crippen molar-refractivity contribution in [2.45, 2.75) is 6.54 Å². The van der Waals surface area contributed by atoms with Gasteiger partial charge in [0.1, 0.15) is 11.8 Å². The lowest BCUT2D eigenvalue weighted by molar-refractivity contribution is 0.0600. The van der Waals surface area contributed by atoms with Gasteiger partial charge in [0.05, 0.1) is 12.7 Å². The summed E-state index contributed by atoms with van der Waals surface area (Å²) in [5.74, 6) is -0.392. The van der Waals surface area contributed by atoms with Gasteiger partial charge in [-0.05, 0) is 44.4 Å². The van der Waals surface area contributed by atoms with Gasteiger partial charge >= 0.3 is 5.97 Å². The van der Waals surface area contributed by atoms with Crippen LogP contribution in [0.25, 0.3) is 5.69 Å². The molecule has 0 atom stereocenters. The highest BCUT2D eigenvalue weighted by Gasteiger charge is 2.13. The Morgan fingerprint density at radius 1 is 1.33 bits per heavy atom. The Morgan fingerprint density at radius 2 is 2.10 bits per heavy atom. The van der Waals surface area contributed by atoms with Gasteiger partial charge in [-0.1, -0.05) is 6.07 Å². The number of esters is 1. The fourth-order valence-electron chi connectivity index (χ4n) is 2.21. The summed E-state index contributed by atoms with van der Waals surface area (Å²) in [6.07, 6.45) is 0. The fraction of sp³-hybridized carbons (Fsp3) is 0.250. The molecule has 0 spiro atoms. The van der Waals surface area contributed by atoms with E-state index in [2.05, 4.69) is 6.07 Å². The summed E-state index contributed by atoms with van der Waals surface area (Å²) in [5, 5.41) is 9.28. The molecule has 0 saturated carbocycles. The minimum Gasteiger partial charge on any atom is -0.465 e. The summed E-state index contributed by atoms with van der Waals surface area (Å²) in [5.41, 5.74) is 2.76. The predicted molar refractivity (Wildman–Crippen MR) is 79.2 cm³/mol. The highest BCUT2D eigenvalue weighted by Crippen LogP contribution is 2.19. The molecule has 108 valence electrons. The van der Waals surface area contributed by atoms with Crippen LogP contribution >= 0.6 is 0 Å². The lowest BCUT2D eigenvalue weighted by atomic mass is 10.2. The number of carbonyl (C=O) groups is 1. The van der Waals surface area contributed by atoms with Crippen molar-refractivity contribution in [2.24, 2.45) is 0 Å². The smallest absolute Gasteiger partial charge is 0.337 e. The maximum Gasteiger partial charge on any atom is 0.337 e. The molecule has 0 aliphatic heterocycles. The molecule has 1 aromatic carbocycles. The molecule has 1 aromatic heterocycles. The maximum absolute atomic E-state index is 11.6. The van der Waals surface area contributed by atoms with Crippen LogP contribution in [-0.2, 0) is 11.3 Å². The van der Waals surface area contributed by atoms with Crippen molar-refractivity contribution in [3.8, 4) is 11.8 Å². The van der Waals surface area contributed by atoms with Gasteiger partial charge in [0.25, 0.3) is 0 Å². The van der Waals surface area contributed by atoms with Gasteiger partial charge in [0.2, 0.25) is 0 Å². The largest absolute Gasteiger partial charge is 0.465 e. The summed E-state index contributed by atoms with van der Waals surface area (Å²) in [4.78, 5) is 13.7. The molecule has 0 N–H and O–H groups in total. The van der Waals surface area contributed by atoms with E-state index in [1.807, 2.05) is 35.7 Å². The summed E-state index contributed by atoms with van der Waals surface area (Å²) < 4.78 is 6.59. The maximum atomic E-state index is 11.6. The van der Waals surface area contributed by atoms with Crippen LogP contribution in [0.4, 0.5) is 0 Å². The first-order chi connectivity index (χ1) is 10.1. The summed E-state index contributed by atoms with van der Waals surface area (Å²) in [6.45, 7) is 0.699. The second kappa shape index (κ2) is 6.25. The number of nitrogens with zero attached hydrogens (tertiary/aromatic N) is 3. The number of nitriles is 1. The number of rotatable bonds is 4. The molecule has 0 amide bonds. The first-order valence-electron chi connectivity index (χ1n) is 6.51. The molecule has 0 aliphatic rings. The molecule has 0 radical (unpaired) electrons. The van der Waals surface area contributed by atoms with Gasteiger partial charge in [0.15, 0.2) is 0 Å². The number of benzene rings is 1.